The van der Waals surface area contributed by atoms with Crippen molar-refractivity contribution in [2.24, 2.45) is 0 Å². The van der Waals surface area contributed by atoms with Crippen molar-refractivity contribution in [3.63, 3.8) is 0 Å². The van der Waals surface area contributed by atoms with Gasteiger partial charge in [-0.25, -0.2) is 4.79 Å². The first kappa shape index (κ1) is 14.4. The maximum Gasteiger partial charge on any atom is 0.425 e. The number of hydrogen-bond acceptors (Lipinski definition) is 5. The van der Waals surface area contributed by atoms with Crippen LogP contribution in [0.3, 0.4) is 0 Å². The second-order valence-corrected chi connectivity index (χ2v) is 3.74. The molecule has 0 aliphatic carbocycles. The highest BCUT2D eigenvalue weighted by Gasteiger charge is 2.37. The molecule has 0 spiro atoms. The van der Waals surface area contributed by atoms with Crippen LogP contribution < -0.4 is 0 Å². The number of nitrogens with zero attached hydrogens (tertiary/aromatic N) is 4. The first-order chi connectivity index (χ1) is 9.71. The lowest BCUT2D eigenvalue weighted by atomic mass is 10.2. The standard InChI is InChI=1S/C10H5F3N4O4/c11-10(12,13)5-3-1-2-4-6(5)16-14-7(9(18)19)8(15-16)17(20)21/h1-4H,(H,18,19). The molecule has 1 N–H and O–H groups in total. The summed E-state index contributed by atoms with van der Waals surface area (Å²) >= 11 is 0. The zero-order valence-corrected chi connectivity index (χ0v) is 9.90. The third kappa shape index (κ3) is 2.66. The molecule has 2 aromatic rings. The Bertz CT molecular complexity index is 694. The van der Waals surface area contributed by atoms with Crippen molar-refractivity contribution in [3.8, 4) is 5.69 Å². The van der Waals surface area contributed by atoms with Crippen LogP contribution >= 0.6 is 0 Å². The van der Waals surface area contributed by atoms with E-state index in [1.165, 1.54) is 6.07 Å². The van der Waals surface area contributed by atoms with Crippen LogP contribution in [0.15, 0.2) is 24.3 Å². The van der Waals surface area contributed by atoms with Gasteiger partial charge in [0.05, 0.1) is 10.7 Å². The fourth-order valence-electron chi connectivity index (χ4n) is 1.56. The molecule has 1 aromatic carbocycles. The molecule has 0 aliphatic heterocycles. The summed E-state index contributed by atoms with van der Waals surface area (Å²) in [6, 6.07) is 4.05. The highest BCUT2D eigenvalue weighted by atomic mass is 19.4. The summed E-state index contributed by atoms with van der Waals surface area (Å²) in [6.07, 6.45) is -4.75. The van der Waals surface area contributed by atoms with Crippen molar-refractivity contribution in [1.29, 1.82) is 0 Å². The third-order valence-electron chi connectivity index (χ3n) is 2.40. The number of halogens is 3. The number of nitro groups is 1. The molecular formula is C10H5F3N4O4. The maximum absolute atomic E-state index is 12.8. The van der Waals surface area contributed by atoms with E-state index in [4.69, 9.17) is 5.11 Å². The van der Waals surface area contributed by atoms with E-state index < -0.39 is 39.8 Å². The number of carbonyl (C=O) groups is 1. The summed E-state index contributed by atoms with van der Waals surface area (Å²) in [7, 11) is 0. The topological polar surface area (TPSA) is 111 Å². The Balaban J connectivity index is 2.67. The minimum Gasteiger partial charge on any atom is -0.476 e. The normalized spacial score (nSPS) is 11.4. The highest BCUT2D eigenvalue weighted by molar-refractivity contribution is 5.89. The van der Waals surface area contributed by atoms with E-state index >= 15 is 0 Å². The average molecular weight is 302 g/mol. The van der Waals surface area contributed by atoms with Gasteiger partial charge in [0.2, 0.25) is 0 Å². The number of rotatable bonds is 3. The predicted molar refractivity (Wildman–Crippen MR) is 60.0 cm³/mol. The van der Waals surface area contributed by atoms with Crippen LogP contribution in [0.1, 0.15) is 16.1 Å². The summed E-state index contributed by atoms with van der Waals surface area (Å²) in [5.74, 6) is -2.91. The Morgan fingerprint density at radius 3 is 2.38 bits per heavy atom. The van der Waals surface area contributed by atoms with Crippen molar-refractivity contribution in [2.45, 2.75) is 6.18 Å². The van der Waals surface area contributed by atoms with E-state index in [0.717, 1.165) is 18.2 Å². The molecular weight excluding hydrogens is 297 g/mol. The second-order valence-electron chi connectivity index (χ2n) is 3.74. The molecule has 0 radical (unpaired) electrons. The molecule has 0 saturated carbocycles. The molecule has 11 heteroatoms. The fraction of sp³-hybridized carbons (Fsp3) is 0.100. The molecule has 110 valence electrons. The van der Waals surface area contributed by atoms with E-state index in [-0.39, 0.29) is 4.80 Å². The van der Waals surface area contributed by atoms with Crippen LogP contribution in [0, 0.1) is 10.1 Å². The zero-order valence-electron chi connectivity index (χ0n) is 9.90. The Morgan fingerprint density at radius 2 is 1.90 bits per heavy atom. The van der Waals surface area contributed by atoms with Gasteiger partial charge < -0.3 is 15.2 Å². The summed E-state index contributed by atoms with van der Waals surface area (Å²) in [5, 5.41) is 25.9. The van der Waals surface area contributed by atoms with Crippen molar-refractivity contribution in [3.05, 3.63) is 45.6 Å². The summed E-state index contributed by atoms with van der Waals surface area (Å²) in [6.45, 7) is 0. The number of aromatic nitrogens is 3. The fourth-order valence-corrected chi connectivity index (χ4v) is 1.56. The minimum absolute atomic E-state index is 0.282. The molecule has 0 amide bonds. The average Bonchev–Trinajstić information content (AvgIpc) is 2.83. The predicted octanol–water partition coefficient (Wildman–Crippen LogP) is 1.89. The maximum atomic E-state index is 12.8. The molecule has 21 heavy (non-hydrogen) atoms. The van der Waals surface area contributed by atoms with Crippen LogP contribution in [0.25, 0.3) is 5.69 Å². The van der Waals surface area contributed by atoms with Gasteiger partial charge in [0.15, 0.2) is 0 Å². The minimum atomic E-state index is -4.75. The summed E-state index contributed by atoms with van der Waals surface area (Å²) in [4.78, 5) is 20.6. The molecule has 0 bridgehead atoms. The van der Waals surface area contributed by atoms with Crippen LogP contribution in [0.4, 0.5) is 19.0 Å². The summed E-state index contributed by atoms with van der Waals surface area (Å²) < 4.78 is 38.5. The molecule has 1 heterocycles. The first-order valence-electron chi connectivity index (χ1n) is 5.23. The number of aromatic carboxylic acids is 1. The molecule has 8 nitrogen and oxygen atoms in total. The molecule has 0 unspecified atom stereocenters. The second kappa shape index (κ2) is 4.85. The van der Waals surface area contributed by atoms with Gasteiger partial charge in [-0.2, -0.15) is 13.2 Å². The highest BCUT2D eigenvalue weighted by Crippen LogP contribution is 2.33. The Hall–Kier alpha value is -2.98. The number of hydrogen-bond donors (Lipinski definition) is 1. The van der Waals surface area contributed by atoms with E-state index in [9.17, 15) is 28.1 Å². The van der Waals surface area contributed by atoms with Gasteiger partial charge in [0.1, 0.15) is 5.69 Å². The van der Waals surface area contributed by atoms with E-state index in [0.29, 0.717) is 0 Å². The van der Waals surface area contributed by atoms with E-state index in [2.05, 4.69) is 10.2 Å². The van der Waals surface area contributed by atoms with Gasteiger partial charge in [0.25, 0.3) is 5.69 Å². The van der Waals surface area contributed by atoms with Crippen LogP contribution in [0.2, 0.25) is 0 Å². The first-order valence-corrected chi connectivity index (χ1v) is 5.23. The molecule has 0 fully saturated rings. The number of benzene rings is 1. The molecule has 1 aromatic heterocycles. The number of carboxylic acids is 1. The zero-order chi connectivity index (χ0) is 15.8. The van der Waals surface area contributed by atoms with Crippen LogP contribution in [0.5, 0.6) is 0 Å². The van der Waals surface area contributed by atoms with Crippen molar-refractivity contribution in [2.75, 3.05) is 0 Å². The lowest BCUT2D eigenvalue weighted by Crippen LogP contribution is -2.12. The third-order valence-corrected chi connectivity index (χ3v) is 2.40. The number of alkyl halides is 3. The van der Waals surface area contributed by atoms with Crippen LogP contribution in [-0.2, 0) is 6.18 Å². The quantitative estimate of drug-likeness (QED) is 0.684. The van der Waals surface area contributed by atoms with Gasteiger partial charge in [0, 0.05) is 0 Å². The van der Waals surface area contributed by atoms with Crippen LogP contribution in [-0.4, -0.2) is 31.0 Å². The SMILES string of the molecule is O=C(O)c1nn(-c2ccccc2C(F)(F)F)nc1[N+](=O)[O-]. The Morgan fingerprint density at radius 1 is 1.29 bits per heavy atom. The lowest BCUT2D eigenvalue weighted by Gasteiger charge is -2.09. The van der Waals surface area contributed by atoms with Crippen molar-refractivity contribution in [1.82, 2.24) is 15.0 Å². The summed E-state index contributed by atoms with van der Waals surface area (Å²) in [5.41, 5.74) is -2.80. The molecule has 0 atom stereocenters. The lowest BCUT2D eigenvalue weighted by molar-refractivity contribution is -0.390. The number of para-hydroxylation sites is 1. The van der Waals surface area contributed by atoms with E-state index in [1.807, 2.05) is 0 Å². The molecule has 0 aliphatic rings. The Labute approximate surface area is 113 Å². The van der Waals surface area contributed by atoms with Gasteiger partial charge in [-0.05, 0) is 17.1 Å². The number of carboxylic acid groups (broad SMARTS) is 1. The molecule has 2 rings (SSSR count). The monoisotopic (exact) mass is 302 g/mol. The van der Waals surface area contributed by atoms with Crippen molar-refractivity contribution >= 4 is 11.8 Å². The van der Waals surface area contributed by atoms with Gasteiger partial charge in [-0.1, -0.05) is 16.9 Å². The smallest absolute Gasteiger partial charge is 0.425 e. The van der Waals surface area contributed by atoms with Crippen molar-refractivity contribution < 1.29 is 28.0 Å². The van der Waals surface area contributed by atoms with Gasteiger partial charge in [-0.3, -0.25) is 0 Å². The van der Waals surface area contributed by atoms with Gasteiger partial charge in [-0.15, -0.1) is 5.10 Å². The van der Waals surface area contributed by atoms with E-state index in [1.54, 1.807) is 0 Å². The van der Waals surface area contributed by atoms with Gasteiger partial charge >= 0.3 is 18.0 Å². The molecule has 0 saturated heterocycles. The Kier molecular flexibility index (Phi) is 3.33. The largest absolute Gasteiger partial charge is 0.476 e.